The lowest BCUT2D eigenvalue weighted by atomic mass is 9.97. The molecule has 1 aromatic carbocycles. The number of carbonyl (C=O) groups excluding carboxylic acids is 1. The maximum atomic E-state index is 13.8. The number of hydrogen-bond acceptors (Lipinski definition) is 3. The van der Waals surface area contributed by atoms with Crippen molar-refractivity contribution >= 4 is 11.6 Å². The van der Waals surface area contributed by atoms with Crippen LogP contribution >= 0.6 is 0 Å². The van der Waals surface area contributed by atoms with Crippen LogP contribution in [-0.2, 0) is 0 Å². The van der Waals surface area contributed by atoms with E-state index in [-0.39, 0.29) is 11.9 Å². The molecular weight excluding hydrogens is 257 g/mol. The highest BCUT2D eigenvalue weighted by Gasteiger charge is 2.31. The summed E-state index contributed by atoms with van der Waals surface area (Å²) in [6.45, 7) is 2.27. The molecule has 4 nitrogen and oxygen atoms in total. The normalized spacial score (nSPS) is 26.2. The van der Waals surface area contributed by atoms with Gasteiger partial charge in [0.25, 0.3) is 0 Å². The fourth-order valence-electron chi connectivity index (χ4n) is 3.36. The molecule has 0 aliphatic carbocycles. The molecule has 3 rings (SSSR count). The molecule has 0 radical (unpaired) electrons. The SMILES string of the molecule is NC(=O)c1ccc(F)c(NC2CCN3CCCC3C2)c1. The van der Waals surface area contributed by atoms with Crippen LogP contribution in [-0.4, -0.2) is 36.0 Å². The summed E-state index contributed by atoms with van der Waals surface area (Å²) >= 11 is 0. The van der Waals surface area contributed by atoms with Gasteiger partial charge in [0.05, 0.1) is 5.69 Å². The first-order valence-corrected chi connectivity index (χ1v) is 7.23. The van der Waals surface area contributed by atoms with Gasteiger partial charge in [-0.25, -0.2) is 4.39 Å². The van der Waals surface area contributed by atoms with E-state index in [2.05, 4.69) is 10.2 Å². The van der Waals surface area contributed by atoms with Crippen molar-refractivity contribution in [3.05, 3.63) is 29.6 Å². The van der Waals surface area contributed by atoms with Gasteiger partial charge >= 0.3 is 0 Å². The lowest BCUT2D eigenvalue weighted by molar-refractivity contribution is 0.100. The summed E-state index contributed by atoms with van der Waals surface area (Å²) in [5, 5.41) is 3.25. The highest BCUT2D eigenvalue weighted by atomic mass is 19.1. The largest absolute Gasteiger partial charge is 0.380 e. The molecule has 0 aromatic heterocycles. The lowest BCUT2D eigenvalue weighted by Gasteiger charge is -2.35. The van der Waals surface area contributed by atoms with Crippen molar-refractivity contribution in [2.24, 2.45) is 5.73 Å². The highest BCUT2D eigenvalue weighted by Crippen LogP contribution is 2.29. The number of rotatable bonds is 3. The molecule has 2 aliphatic rings. The van der Waals surface area contributed by atoms with Crippen LogP contribution in [0, 0.1) is 5.82 Å². The number of halogens is 1. The van der Waals surface area contributed by atoms with Gasteiger partial charge in [-0.3, -0.25) is 4.79 Å². The fraction of sp³-hybridized carbons (Fsp3) is 0.533. The maximum absolute atomic E-state index is 13.8. The number of anilines is 1. The molecule has 0 bridgehead atoms. The van der Waals surface area contributed by atoms with Gasteiger partial charge in [-0.05, 0) is 50.4 Å². The van der Waals surface area contributed by atoms with Crippen molar-refractivity contribution in [2.45, 2.75) is 37.8 Å². The average molecular weight is 277 g/mol. The van der Waals surface area contributed by atoms with Crippen LogP contribution in [0.2, 0.25) is 0 Å². The summed E-state index contributed by atoms with van der Waals surface area (Å²) in [6, 6.07) is 5.13. The number of amides is 1. The van der Waals surface area contributed by atoms with Gasteiger partial charge in [0.2, 0.25) is 5.91 Å². The highest BCUT2D eigenvalue weighted by molar-refractivity contribution is 5.93. The summed E-state index contributed by atoms with van der Waals surface area (Å²) in [4.78, 5) is 13.7. The third-order valence-corrected chi connectivity index (χ3v) is 4.43. The Hall–Kier alpha value is -1.62. The van der Waals surface area contributed by atoms with Gasteiger partial charge in [-0.15, -0.1) is 0 Å². The zero-order valence-electron chi connectivity index (χ0n) is 11.4. The Morgan fingerprint density at radius 2 is 2.20 bits per heavy atom. The number of carbonyl (C=O) groups is 1. The number of nitrogens with two attached hydrogens (primary N) is 1. The molecule has 2 unspecified atom stereocenters. The smallest absolute Gasteiger partial charge is 0.248 e. The first-order valence-electron chi connectivity index (χ1n) is 7.23. The summed E-state index contributed by atoms with van der Waals surface area (Å²) in [7, 11) is 0. The van der Waals surface area contributed by atoms with Crippen LogP contribution in [0.4, 0.5) is 10.1 Å². The zero-order chi connectivity index (χ0) is 14.1. The van der Waals surface area contributed by atoms with Crippen molar-refractivity contribution in [1.29, 1.82) is 0 Å². The van der Waals surface area contributed by atoms with Crippen molar-refractivity contribution < 1.29 is 9.18 Å². The number of hydrogen-bond donors (Lipinski definition) is 2. The Morgan fingerprint density at radius 1 is 1.35 bits per heavy atom. The van der Waals surface area contributed by atoms with Crippen molar-refractivity contribution in [2.75, 3.05) is 18.4 Å². The van der Waals surface area contributed by atoms with Gasteiger partial charge in [0.1, 0.15) is 5.82 Å². The van der Waals surface area contributed by atoms with E-state index >= 15 is 0 Å². The number of piperidine rings is 1. The summed E-state index contributed by atoms with van der Waals surface area (Å²) in [5.74, 6) is -0.859. The van der Waals surface area contributed by atoms with Gasteiger partial charge in [-0.1, -0.05) is 0 Å². The lowest BCUT2D eigenvalue weighted by Crippen LogP contribution is -2.42. The van der Waals surface area contributed by atoms with Crippen LogP contribution in [0.5, 0.6) is 0 Å². The van der Waals surface area contributed by atoms with Gasteiger partial charge in [0, 0.05) is 24.2 Å². The monoisotopic (exact) mass is 277 g/mol. The van der Waals surface area contributed by atoms with Gasteiger partial charge < -0.3 is 16.0 Å². The average Bonchev–Trinajstić information content (AvgIpc) is 2.88. The zero-order valence-corrected chi connectivity index (χ0v) is 11.4. The van der Waals surface area contributed by atoms with Gasteiger partial charge in [-0.2, -0.15) is 0 Å². The molecule has 5 heteroatoms. The predicted molar refractivity (Wildman–Crippen MR) is 76.2 cm³/mol. The standard InChI is InChI=1S/C15H20FN3O/c16-13-4-3-10(15(17)20)8-14(13)18-11-5-7-19-6-1-2-12(19)9-11/h3-4,8,11-12,18H,1-2,5-7,9H2,(H2,17,20). The number of fused-ring (bicyclic) bond motifs is 1. The molecule has 20 heavy (non-hydrogen) atoms. The fourth-order valence-corrected chi connectivity index (χ4v) is 3.36. The Kier molecular flexibility index (Phi) is 3.61. The topological polar surface area (TPSA) is 58.4 Å². The maximum Gasteiger partial charge on any atom is 0.248 e. The van der Waals surface area contributed by atoms with E-state index in [9.17, 15) is 9.18 Å². The molecule has 2 atom stereocenters. The quantitative estimate of drug-likeness (QED) is 0.888. The molecular formula is C15H20FN3O. The molecule has 1 amide bonds. The molecule has 1 aromatic rings. The number of nitrogens with one attached hydrogen (secondary N) is 1. The minimum atomic E-state index is -0.529. The Balaban J connectivity index is 1.71. The molecule has 2 heterocycles. The second-order valence-corrected chi connectivity index (χ2v) is 5.76. The van der Waals surface area contributed by atoms with E-state index in [0.717, 1.165) is 19.4 Å². The van der Waals surface area contributed by atoms with E-state index in [4.69, 9.17) is 5.73 Å². The predicted octanol–water partition coefficient (Wildman–Crippen LogP) is 1.96. The second kappa shape index (κ2) is 5.40. The molecule has 0 saturated carbocycles. The first kappa shape index (κ1) is 13.4. The van der Waals surface area contributed by atoms with Gasteiger partial charge in [0.15, 0.2) is 0 Å². The van der Waals surface area contributed by atoms with E-state index in [1.54, 1.807) is 0 Å². The third kappa shape index (κ3) is 2.63. The van der Waals surface area contributed by atoms with Crippen LogP contribution < -0.4 is 11.1 Å². The molecule has 3 N–H and O–H groups in total. The Morgan fingerprint density at radius 3 is 3.00 bits per heavy atom. The molecule has 2 saturated heterocycles. The van der Waals surface area contributed by atoms with E-state index in [1.165, 1.54) is 37.6 Å². The van der Waals surface area contributed by atoms with E-state index in [1.807, 2.05) is 0 Å². The van der Waals surface area contributed by atoms with Crippen molar-refractivity contribution in [3.8, 4) is 0 Å². The van der Waals surface area contributed by atoms with Crippen LogP contribution in [0.25, 0.3) is 0 Å². The van der Waals surface area contributed by atoms with Crippen molar-refractivity contribution in [3.63, 3.8) is 0 Å². The van der Waals surface area contributed by atoms with Crippen LogP contribution in [0.3, 0.4) is 0 Å². The number of primary amides is 1. The number of benzene rings is 1. The van der Waals surface area contributed by atoms with E-state index < -0.39 is 5.91 Å². The Labute approximate surface area is 118 Å². The molecule has 2 aliphatic heterocycles. The molecule has 2 fully saturated rings. The van der Waals surface area contributed by atoms with Crippen molar-refractivity contribution in [1.82, 2.24) is 4.90 Å². The van der Waals surface area contributed by atoms with Crippen LogP contribution in [0.15, 0.2) is 18.2 Å². The van der Waals surface area contributed by atoms with E-state index in [0.29, 0.717) is 17.3 Å². The minimum absolute atomic E-state index is 0.270. The first-order chi connectivity index (χ1) is 9.63. The molecule has 108 valence electrons. The third-order valence-electron chi connectivity index (χ3n) is 4.43. The van der Waals surface area contributed by atoms with Crippen LogP contribution in [0.1, 0.15) is 36.0 Å². The molecule has 0 spiro atoms. The summed E-state index contributed by atoms with van der Waals surface area (Å²) in [5.41, 5.74) is 5.97. The Bertz CT molecular complexity index is 520. The summed E-state index contributed by atoms with van der Waals surface area (Å²) in [6.07, 6.45) is 4.56. The second-order valence-electron chi connectivity index (χ2n) is 5.76. The minimum Gasteiger partial charge on any atom is -0.380 e. The summed E-state index contributed by atoms with van der Waals surface area (Å²) < 4.78 is 13.8. The number of nitrogens with zero attached hydrogens (tertiary/aromatic N) is 1.